The Hall–Kier alpha value is -0.740. The molecule has 0 aromatic rings. The number of hydrogen-bond donors (Lipinski definition) is 1. The maximum atomic E-state index is 8.29. The largest absolute Gasteiger partial charge is 0.384 e. The van der Waals surface area contributed by atoms with Crippen LogP contribution in [0.25, 0.3) is 0 Å². The van der Waals surface area contributed by atoms with Crippen LogP contribution in [0.2, 0.25) is 0 Å². The summed E-state index contributed by atoms with van der Waals surface area (Å²) < 4.78 is 0. The lowest BCUT2D eigenvalue weighted by Crippen LogP contribution is -1.97. The Labute approximate surface area is 62.8 Å². The van der Waals surface area contributed by atoms with Gasteiger partial charge in [-0.15, -0.1) is 0 Å². The first-order valence-electron chi connectivity index (χ1n) is 3.33. The van der Waals surface area contributed by atoms with Gasteiger partial charge in [-0.3, -0.25) is 0 Å². The SMILES string of the molecule is CC(C)(C)C=CC#CCO. The number of rotatable bonds is 0. The van der Waals surface area contributed by atoms with Crippen molar-refractivity contribution in [3.63, 3.8) is 0 Å². The maximum absolute atomic E-state index is 8.29. The van der Waals surface area contributed by atoms with E-state index in [-0.39, 0.29) is 12.0 Å². The van der Waals surface area contributed by atoms with Crippen LogP contribution >= 0.6 is 0 Å². The monoisotopic (exact) mass is 138 g/mol. The quantitative estimate of drug-likeness (QED) is 0.504. The molecule has 56 valence electrons. The van der Waals surface area contributed by atoms with Crippen molar-refractivity contribution in [3.8, 4) is 11.8 Å². The topological polar surface area (TPSA) is 20.2 Å². The van der Waals surface area contributed by atoms with Crippen LogP contribution in [-0.4, -0.2) is 11.7 Å². The Kier molecular flexibility index (Phi) is 3.83. The van der Waals surface area contributed by atoms with Gasteiger partial charge in [0.05, 0.1) is 0 Å². The summed E-state index contributed by atoms with van der Waals surface area (Å²) in [5, 5.41) is 8.29. The summed E-state index contributed by atoms with van der Waals surface area (Å²) in [5.41, 5.74) is 0.185. The molecule has 0 rings (SSSR count). The van der Waals surface area contributed by atoms with Gasteiger partial charge in [0.1, 0.15) is 6.61 Å². The average molecular weight is 138 g/mol. The molecule has 0 saturated carbocycles. The molecule has 0 fully saturated rings. The molecular weight excluding hydrogens is 124 g/mol. The molecule has 0 aromatic heterocycles. The van der Waals surface area contributed by atoms with E-state index in [4.69, 9.17) is 5.11 Å². The fraction of sp³-hybridized carbons (Fsp3) is 0.556. The normalized spacial score (nSPS) is 11.2. The third-order valence-electron chi connectivity index (χ3n) is 0.848. The highest BCUT2D eigenvalue weighted by Gasteiger charge is 2.01. The van der Waals surface area contributed by atoms with Crippen molar-refractivity contribution in [2.75, 3.05) is 6.61 Å². The first-order chi connectivity index (χ1) is 4.56. The highest BCUT2D eigenvalue weighted by molar-refractivity contribution is 5.16. The van der Waals surface area contributed by atoms with Crippen molar-refractivity contribution >= 4 is 0 Å². The predicted octanol–water partition coefficient (Wildman–Crippen LogP) is 1.58. The van der Waals surface area contributed by atoms with E-state index < -0.39 is 0 Å². The molecule has 0 heterocycles. The van der Waals surface area contributed by atoms with E-state index in [0.29, 0.717) is 0 Å². The van der Waals surface area contributed by atoms with Gasteiger partial charge in [0.25, 0.3) is 0 Å². The van der Waals surface area contributed by atoms with E-state index in [2.05, 4.69) is 32.6 Å². The van der Waals surface area contributed by atoms with Crippen LogP contribution in [0, 0.1) is 17.3 Å². The fourth-order valence-electron chi connectivity index (χ4n) is 0.396. The van der Waals surface area contributed by atoms with Crippen molar-refractivity contribution in [1.29, 1.82) is 0 Å². The van der Waals surface area contributed by atoms with E-state index >= 15 is 0 Å². The molecule has 1 heteroatoms. The Morgan fingerprint density at radius 2 is 2.00 bits per heavy atom. The Balaban J connectivity index is 3.78. The van der Waals surface area contributed by atoms with Gasteiger partial charge in [-0.05, 0) is 11.5 Å². The molecule has 0 amide bonds. The Bertz CT molecular complexity index is 161. The molecule has 0 aromatic carbocycles. The molecule has 1 N–H and O–H groups in total. The highest BCUT2D eigenvalue weighted by atomic mass is 16.2. The van der Waals surface area contributed by atoms with Crippen LogP contribution in [0.4, 0.5) is 0 Å². The van der Waals surface area contributed by atoms with Crippen molar-refractivity contribution in [2.24, 2.45) is 5.41 Å². The molecule has 0 aliphatic rings. The molecule has 0 aliphatic carbocycles. The summed E-state index contributed by atoms with van der Waals surface area (Å²) in [6.07, 6.45) is 3.78. The zero-order chi connectivity index (χ0) is 8.04. The van der Waals surface area contributed by atoms with Crippen molar-refractivity contribution in [1.82, 2.24) is 0 Å². The third kappa shape index (κ3) is 7.26. The van der Waals surface area contributed by atoms with Gasteiger partial charge in [-0.2, -0.15) is 0 Å². The lowest BCUT2D eigenvalue weighted by atomic mass is 9.96. The Morgan fingerprint density at radius 3 is 2.40 bits per heavy atom. The molecule has 0 atom stereocenters. The van der Waals surface area contributed by atoms with Crippen LogP contribution in [-0.2, 0) is 0 Å². The van der Waals surface area contributed by atoms with Gasteiger partial charge in [-0.25, -0.2) is 0 Å². The van der Waals surface area contributed by atoms with Crippen LogP contribution < -0.4 is 0 Å². The number of aliphatic hydroxyl groups excluding tert-OH is 1. The summed E-state index contributed by atoms with van der Waals surface area (Å²) in [4.78, 5) is 0. The molecule has 0 radical (unpaired) electrons. The van der Waals surface area contributed by atoms with Crippen LogP contribution in [0.5, 0.6) is 0 Å². The summed E-state index contributed by atoms with van der Waals surface area (Å²) >= 11 is 0. The van der Waals surface area contributed by atoms with Gasteiger partial charge >= 0.3 is 0 Å². The second kappa shape index (κ2) is 4.14. The summed E-state index contributed by atoms with van der Waals surface area (Å²) in [5.74, 6) is 5.25. The summed E-state index contributed by atoms with van der Waals surface area (Å²) in [6, 6.07) is 0. The number of aliphatic hydroxyl groups is 1. The first-order valence-corrected chi connectivity index (χ1v) is 3.33. The molecule has 0 saturated heterocycles. The molecular formula is C9H14O. The van der Waals surface area contributed by atoms with Gasteiger partial charge in [0.2, 0.25) is 0 Å². The van der Waals surface area contributed by atoms with Gasteiger partial charge < -0.3 is 5.11 Å². The second-order valence-corrected chi connectivity index (χ2v) is 3.18. The standard InChI is InChI=1S/C9H14O/c1-9(2,3)7-5-4-6-8-10/h5,7,10H,8H2,1-3H3. The van der Waals surface area contributed by atoms with Crippen molar-refractivity contribution < 1.29 is 5.11 Å². The highest BCUT2D eigenvalue weighted by Crippen LogP contribution is 2.13. The minimum absolute atomic E-state index is 0.0610. The predicted molar refractivity (Wildman–Crippen MR) is 43.5 cm³/mol. The van der Waals surface area contributed by atoms with E-state index in [0.717, 1.165) is 0 Å². The van der Waals surface area contributed by atoms with Gasteiger partial charge in [0.15, 0.2) is 0 Å². The van der Waals surface area contributed by atoms with Crippen LogP contribution in [0.3, 0.4) is 0 Å². The smallest absolute Gasteiger partial charge is 0.104 e. The van der Waals surface area contributed by atoms with Gasteiger partial charge in [0, 0.05) is 0 Å². The minimum Gasteiger partial charge on any atom is -0.384 e. The second-order valence-electron chi connectivity index (χ2n) is 3.18. The third-order valence-corrected chi connectivity index (χ3v) is 0.848. The minimum atomic E-state index is -0.0610. The van der Waals surface area contributed by atoms with E-state index in [1.807, 2.05) is 6.08 Å². The molecule has 10 heavy (non-hydrogen) atoms. The zero-order valence-electron chi connectivity index (χ0n) is 6.81. The summed E-state index contributed by atoms with van der Waals surface area (Å²) in [6.45, 7) is 6.24. The maximum Gasteiger partial charge on any atom is 0.104 e. The summed E-state index contributed by atoms with van der Waals surface area (Å²) in [7, 11) is 0. The van der Waals surface area contributed by atoms with E-state index in [1.165, 1.54) is 0 Å². The van der Waals surface area contributed by atoms with E-state index in [9.17, 15) is 0 Å². The van der Waals surface area contributed by atoms with Crippen LogP contribution in [0.15, 0.2) is 12.2 Å². The number of hydrogen-bond acceptors (Lipinski definition) is 1. The van der Waals surface area contributed by atoms with Crippen LogP contribution in [0.1, 0.15) is 20.8 Å². The molecule has 0 spiro atoms. The molecule has 0 bridgehead atoms. The molecule has 0 aliphatic heterocycles. The van der Waals surface area contributed by atoms with Gasteiger partial charge in [-0.1, -0.05) is 38.7 Å². The van der Waals surface area contributed by atoms with Crippen molar-refractivity contribution in [2.45, 2.75) is 20.8 Å². The fourth-order valence-corrected chi connectivity index (χ4v) is 0.396. The first kappa shape index (κ1) is 9.26. The van der Waals surface area contributed by atoms with E-state index in [1.54, 1.807) is 6.08 Å². The average Bonchev–Trinajstić information content (AvgIpc) is 1.78. The number of allylic oxidation sites excluding steroid dienone is 2. The lowest BCUT2D eigenvalue weighted by Gasteiger charge is -2.09. The zero-order valence-corrected chi connectivity index (χ0v) is 6.81. The lowest BCUT2D eigenvalue weighted by molar-refractivity contribution is 0.350. The Morgan fingerprint density at radius 1 is 1.40 bits per heavy atom. The molecule has 1 nitrogen and oxygen atoms in total. The van der Waals surface area contributed by atoms with Crippen molar-refractivity contribution in [3.05, 3.63) is 12.2 Å². The molecule has 0 unspecified atom stereocenters.